The Labute approximate surface area is 107 Å². The number of amides is 2. The first-order valence-electron chi connectivity index (χ1n) is 6.16. The summed E-state index contributed by atoms with van der Waals surface area (Å²) in [5.74, 6) is -1.23. The van der Waals surface area contributed by atoms with Gasteiger partial charge in [0.15, 0.2) is 0 Å². The van der Waals surface area contributed by atoms with Crippen LogP contribution < -0.4 is 0 Å². The summed E-state index contributed by atoms with van der Waals surface area (Å²) in [7, 11) is 0. The quantitative estimate of drug-likeness (QED) is 0.686. The van der Waals surface area contributed by atoms with Gasteiger partial charge in [0.05, 0.1) is 19.0 Å². The molecule has 0 aromatic carbocycles. The minimum absolute atomic E-state index is 0.0900. The lowest BCUT2D eigenvalue weighted by Crippen LogP contribution is -2.45. The highest BCUT2D eigenvalue weighted by Crippen LogP contribution is 2.19. The Balaban J connectivity index is 2.83. The summed E-state index contributed by atoms with van der Waals surface area (Å²) in [6.07, 6.45) is 0.0900. The van der Waals surface area contributed by atoms with Gasteiger partial charge in [0.1, 0.15) is 0 Å². The van der Waals surface area contributed by atoms with Crippen LogP contribution in [0.15, 0.2) is 0 Å². The molecule has 1 aliphatic heterocycles. The molecule has 0 aromatic heterocycles. The Morgan fingerprint density at radius 2 is 2.11 bits per heavy atom. The summed E-state index contributed by atoms with van der Waals surface area (Å²) in [5.41, 5.74) is 0. The van der Waals surface area contributed by atoms with Gasteiger partial charge < -0.3 is 5.11 Å². The maximum atomic E-state index is 12.0. The number of imide groups is 1. The molecule has 1 unspecified atom stereocenters. The van der Waals surface area contributed by atoms with Crippen LogP contribution in [0.4, 0.5) is 0 Å². The second-order valence-electron chi connectivity index (χ2n) is 4.91. The second-order valence-corrected chi connectivity index (χ2v) is 4.91. The molecule has 0 bridgehead atoms. The first-order valence-corrected chi connectivity index (χ1v) is 6.16. The van der Waals surface area contributed by atoms with Crippen molar-refractivity contribution in [1.82, 2.24) is 9.80 Å². The van der Waals surface area contributed by atoms with Gasteiger partial charge in [-0.05, 0) is 12.8 Å². The highest BCUT2D eigenvalue weighted by molar-refractivity contribution is 6.05. The predicted octanol–water partition coefficient (Wildman–Crippen LogP) is 0.176. The largest absolute Gasteiger partial charge is 0.480 e. The predicted molar refractivity (Wildman–Crippen MR) is 64.8 cm³/mol. The number of carbonyl (C=O) groups is 3. The summed E-state index contributed by atoms with van der Waals surface area (Å²) in [6.45, 7) is 6.27. The van der Waals surface area contributed by atoms with E-state index in [1.165, 1.54) is 4.90 Å². The molecule has 0 spiro atoms. The number of carboxylic acids is 1. The van der Waals surface area contributed by atoms with E-state index in [0.717, 1.165) is 0 Å². The summed E-state index contributed by atoms with van der Waals surface area (Å²) in [4.78, 5) is 37.3. The topological polar surface area (TPSA) is 77.9 Å². The molecule has 0 aliphatic carbocycles. The van der Waals surface area contributed by atoms with E-state index in [1.54, 1.807) is 11.8 Å². The van der Waals surface area contributed by atoms with Crippen molar-refractivity contribution >= 4 is 17.8 Å². The van der Waals surface area contributed by atoms with Crippen LogP contribution >= 0.6 is 0 Å². The number of nitrogens with zero attached hydrogens (tertiary/aromatic N) is 2. The lowest BCUT2D eigenvalue weighted by atomic mass is 10.1. The molecule has 1 N–H and O–H groups in total. The van der Waals surface area contributed by atoms with Crippen LogP contribution in [-0.4, -0.2) is 58.4 Å². The number of likely N-dealkylation sites (tertiary alicyclic amines) is 1. The molecule has 1 fully saturated rings. The zero-order chi connectivity index (χ0) is 13.9. The van der Waals surface area contributed by atoms with Crippen LogP contribution in [0.5, 0.6) is 0 Å². The van der Waals surface area contributed by atoms with Gasteiger partial charge in [0.2, 0.25) is 11.8 Å². The fourth-order valence-electron chi connectivity index (χ4n) is 2.23. The van der Waals surface area contributed by atoms with Crippen molar-refractivity contribution in [3.63, 3.8) is 0 Å². The molecule has 1 heterocycles. The fraction of sp³-hybridized carbons (Fsp3) is 0.750. The van der Waals surface area contributed by atoms with Crippen molar-refractivity contribution in [1.29, 1.82) is 0 Å². The average Bonchev–Trinajstić information content (AvgIpc) is 2.51. The van der Waals surface area contributed by atoms with Crippen LogP contribution in [0.1, 0.15) is 27.2 Å². The highest BCUT2D eigenvalue weighted by atomic mass is 16.4. The van der Waals surface area contributed by atoms with Gasteiger partial charge in [0, 0.05) is 13.1 Å². The molecule has 0 radical (unpaired) electrons. The van der Waals surface area contributed by atoms with E-state index in [1.807, 2.05) is 13.8 Å². The Morgan fingerprint density at radius 1 is 1.50 bits per heavy atom. The lowest BCUT2D eigenvalue weighted by molar-refractivity contribution is -0.141. The molecule has 0 saturated carbocycles. The lowest BCUT2D eigenvalue weighted by Gasteiger charge is -2.27. The number of aliphatic carboxylic acids is 1. The van der Waals surface area contributed by atoms with E-state index in [9.17, 15) is 14.4 Å². The van der Waals surface area contributed by atoms with E-state index < -0.39 is 12.0 Å². The summed E-state index contributed by atoms with van der Waals surface area (Å²) < 4.78 is 0. The van der Waals surface area contributed by atoms with Crippen LogP contribution in [0.25, 0.3) is 0 Å². The van der Waals surface area contributed by atoms with Gasteiger partial charge in [-0.1, -0.05) is 13.8 Å². The first kappa shape index (κ1) is 14.6. The number of carbonyl (C=O) groups excluding carboxylic acids is 2. The minimum Gasteiger partial charge on any atom is -0.480 e. The van der Waals surface area contributed by atoms with E-state index in [2.05, 4.69) is 0 Å². The molecule has 0 aromatic rings. The minimum atomic E-state index is -0.981. The molecule has 1 aliphatic rings. The monoisotopic (exact) mass is 256 g/mol. The molecule has 2 amide bonds. The number of hydrogen-bond donors (Lipinski definition) is 1. The molecule has 18 heavy (non-hydrogen) atoms. The highest BCUT2D eigenvalue weighted by Gasteiger charge is 2.41. The normalized spacial score (nSPS) is 20.3. The Morgan fingerprint density at radius 3 is 2.50 bits per heavy atom. The van der Waals surface area contributed by atoms with Crippen LogP contribution in [-0.2, 0) is 14.4 Å². The second kappa shape index (κ2) is 5.95. The van der Waals surface area contributed by atoms with Crippen LogP contribution in [0.3, 0.4) is 0 Å². The smallest absolute Gasteiger partial charge is 0.317 e. The van der Waals surface area contributed by atoms with Crippen molar-refractivity contribution in [2.75, 3.05) is 19.6 Å². The summed E-state index contributed by atoms with van der Waals surface area (Å²) >= 11 is 0. The van der Waals surface area contributed by atoms with Gasteiger partial charge in [-0.3, -0.25) is 24.2 Å². The molecule has 1 atom stereocenters. The van der Waals surface area contributed by atoms with E-state index in [0.29, 0.717) is 13.1 Å². The third-order valence-corrected chi connectivity index (χ3v) is 2.92. The number of rotatable bonds is 6. The van der Waals surface area contributed by atoms with Crippen molar-refractivity contribution in [3.8, 4) is 0 Å². The first-order chi connectivity index (χ1) is 8.36. The molecule has 102 valence electrons. The van der Waals surface area contributed by atoms with Gasteiger partial charge in [-0.2, -0.15) is 0 Å². The third-order valence-electron chi connectivity index (χ3n) is 2.92. The Hall–Kier alpha value is -1.43. The van der Waals surface area contributed by atoms with Crippen molar-refractivity contribution in [2.45, 2.75) is 33.2 Å². The SMILES string of the molecule is CCN1C(=O)CC(N(CC(=O)O)CC(C)C)C1=O. The van der Waals surface area contributed by atoms with Gasteiger partial charge in [-0.15, -0.1) is 0 Å². The molecular formula is C12H20N2O4. The third kappa shape index (κ3) is 3.29. The molecule has 6 heteroatoms. The van der Waals surface area contributed by atoms with Crippen molar-refractivity contribution < 1.29 is 19.5 Å². The Bertz CT molecular complexity index is 354. The molecular weight excluding hydrogens is 236 g/mol. The Kier molecular flexibility index (Phi) is 4.84. The van der Waals surface area contributed by atoms with Gasteiger partial charge >= 0.3 is 5.97 Å². The van der Waals surface area contributed by atoms with Gasteiger partial charge in [0.25, 0.3) is 0 Å². The van der Waals surface area contributed by atoms with Crippen LogP contribution in [0.2, 0.25) is 0 Å². The van der Waals surface area contributed by atoms with E-state index in [-0.39, 0.29) is 30.7 Å². The fourth-order valence-corrected chi connectivity index (χ4v) is 2.23. The maximum Gasteiger partial charge on any atom is 0.317 e. The standard InChI is InChI=1S/C12H20N2O4/c1-4-14-10(15)5-9(12(14)18)13(6-8(2)3)7-11(16)17/h8-9H,4-7H2,1-3H3,(H,16,17). The number of hydrogen-bond acceptors (Lipinski definition) is 4. The summed E-state index contributed by atoms with van der Waals surface area (Å²) in [5, 5.41) is 8.88. The van der Waals surface area contributed by atoms with E-state index in [4.69, 9.17) is 5.11 Å². The summed E-state index contributed by atoms with van der Waals surface area (Å²) in [6, 6.07) is -0.615. The van der Waals surface area contributed by atoms with Crippen molar-refractivity contribution in [3.05, 3.63) is 0 Å². The van der Waals surface area contributed by atoms with Crippen LogP contribution in [0, 0.1) is 5.92 Å². The van der Waals surface area contributed by atoms with E-state index >= 15 is 0 Å². The molecule has 1 rings (SSSR count). The number of likely N-dealkylation sites (N-methyl/N-ethyl adjacent to an activating group) is 1. The molecule has 1 saturated heterocycles. The van der Waals surface area contributed by atoms with Gasteiger partial charge in [-0.25, -0.2) is 0 Å². The maximum absolute atomic E-state index is 12.0. The molecule has 6 nitrogen and oxygen atoms in total. The zero-order valence-corrected chi connectivity index (χ0v) is 11.0. The number of carboxylic acid groups (broad SMARTS) is 1. The van der Waals surface area contributed by atoms with Crippen molar-refractivity contribution in [2.24, 2.45) is 5.92 Å². The zero-order valence-electron chi connectivity index (χ0n) is 11.0. The average molecular weight is 256 g/mol.